The molecule has 21 heavy (non-hydrogen) atoms. The van der Waals surface area contributed by atoms with Crippen molar-refractivity contribution in [1.29, 1.82) is 5.26 Å². The third-order valence-electron chi connectivity index (χ3n) is 3.65. The molecule has 1 aliphatic heterocycles. The Kier molecular flexibility index (Phi) is 3.02. The van der Waals surface area contributed by atoms with Crippen molar-refractivity contribution >= 4 is 0 Å². The molecule has 2 heterocycles. The highest BCUT2D eigenvalue weighted by molar-refractivity contribution is 5.47. The molecule has 106 valence electrons. The minimum absolute atomic E-state index is 0.184. The molecule has 1 aromatic carbocycles. The average molecular weight is 281 g/mol. The lowest BCUT2D eigenvalue weighted by Gasteiger charge is -2.36. The van der Waals surface area contributed by atoms with Gasteiger partial charge in [0, 0.05) is 18.1 Å². The van der Waals surface area contributed by atoms with Crippen LogP contribution in [0.3, 0.4) is 0 Å². The van der Waals surface area contributed by atoms with Gasteiger partial charge >= 0.3 is 5.82 Å². The summed E-state index contributed by atoms with van der Waals surface area (Å²) >= 11 is 0. The fourth-order valence-electron chi connectivity index (χ4n) is 2.77. The normalized spacial score (nSPS) is 19.2. The average Bonchev–Trinajstić information content (AvgIpc) is 2.46. The molecule has 0 saturated heterocycles. The number of rotatable bonds is 1. The summed E-state index contributed by atoms with van der Waals surface area (Å²) in [4.78, 5) is 4.23. The molecule has 5 nitrogen and oxygen atoms in total. The highest BCUT2D eigenvalue weighted by atomic mass is 16.5. The van der Waals surface area contributed by atoms with Gasteiger partial charge in [-0.2, -0.15) is 5.26 Å². The summed E-state index contributed by atoms with van der Waals surface area (Å²) in [5.74, 6) is 0.960. The van der Waals surface area contributed by atoms with Crippen molar-refractivity contribution in [3.63, 3.8) is 0 Å². The molecule has 1 aliphatic rings. The van der Waals surface area contributed by atoms with Gasteiger partial charge in [-0.25, -0.2) is 4.73 Å². The number of benzene rings is 1. The zero-order valence-corrected chi connectivity index (χ0v) is 11.9. The van der Waals surface area contributed by atoms with Gasteiger partial charge in [-0.05, 0) is 32.0 Å². The van der Waals surface area contributed by atoms with E-state index < -0.39 is 5.60 Å². The lowest BCUT2D eigenvalue weighted by molar-refractivity contribution is -0.619. The Morgan fingerprint density at radius 1 is 1.48 bits per heavy atom. The molecule has 0 N–H and O–H groups in total. The first-order valence-electron chi connectivity index (χ1n) is 6.77. The smallest absolute Gasteiger partial charge is 0.309 e. The second-order valence-electron chi connectivity index (χ2n) is 5.79. The van der Waals surface area contributed by atoms with Crippen LogP contribution in [0.15, 0.2) is 36.7 Å². The number of aromatic nitrogens is 2. The van der Waals surface area contributed by atoms with Crippen LogP contribution in [0.5, 0.6) is 5.75 Å². The van der Waals surface area contributed by atoms with Crippen molar-refractivity contribution in [3.05, 3.63) is 58.8 Å². The standard InChI is InChI=1S/C16H15N3O2/c1-16(2)9-13(15-18-6-3-7-19(15)20)12-8-11(10-17)4-5-14(12)21-16/h3-8,13H,9H2,1-2H3. The number of ether oxygens (including phenoxy) is 1. The van der Waals surface area contributed by atoms with Crippen LogP contribution < -0.4 is 9.47 Å². The zero-order chi connectivity index (χ0) is 15.0. The Morgan fingerprint density at radius 3 is 3.00 bits per heavy atom. The third-order valence-corrected chi connectivity index (χ3v) is 3.65. The van der Waals surface area contributed by atoms with Crippen LogP contribution >= 0.6 is 0 Å². The highest BCUT2D eigenvalue weighted by Gasteiger charge is 2.39. The molecule has 0 amide bonds. The summed E-state index contributed by atoms with van der Waals surface area (Å²) in [6.07, 6.45) is 3.69. The van der Waals surface area contributed by atoms with E-state index in [2.05, 4.69) is 11.1 Å². The van der Waals surface area contributed by atoms with Crippen LogP contribution in [0.1, 0.15) is 43.1 Å². The zero-order valence-electron chi connectivity index (χ0n) is 11.9. The molecule has 2 aromatic rings. The van der Waals surface area contributed by atoms with Gasteiger partial charge in [0.25, 0.3) is 0 Å². The van der Waals surface area contributed by atoms with E-state index in [1.54, 1.807) is 30.5 Å². The maximum Gasteiger partial charge on any atom is 0.309 e. The van der Waals surface area contributed by atoms with Gasteiger partial charge in [0.1, 0.15) is 17.5 Å². The number of nitriles is 1. The SMILES string of the molecule is CC1(C)CC(c2nccc[n+]2[O-])c2cc(C#N)ccc2O1. The molecule has 0 bridgehead atoms. The van der Waals surface area contributed by atoms with E-state index in [4.69, 9.17) is 10.00 Å². The number of hydrogen-bond acceptors (Lipinski definition) is 4. The predicted octanol–water partition coefficient (Wildman–Crippen LogP) is 2.28. The molecule has 1 unspecified atom stereocenters. The van der Waals surface area contributed by atoms with Gasteiger partial charge in [-0.1, -0.05) is 4.98 Å². The monoisotopic (exact) mass is 281 g/mol. The Bertz CT molecular complexity index is 735. The highest BCUT2D eigenvalue weighted by Crippen LogP contribution is 2.43. The summed E-state index contributed by atoms with van der Waals surface area (Å²) in [5.41, 5.74) is 1.00. The molecular formula is C16H15N3O2. The maximum atomic E-state index is 12.0. The van der Waals surface area contributed by atoms with Crippen molar-refractivity contribution < 1.29 is 9.47 Å². The van der Waals surface area contributed by atoms with E-state index in [0.29, 0.717) is 23.6 Å². The Balaban J connectivity index is 2.18. The molecule has 3 rings (SSSR count). The molecule has 0 saturated carbocycles. The third kappa shape index (κ3) is 2.40. The van der Waals surface area contributed by atoms with Crippen molar-refractivity contribution in [2.45, 2.75) is 31.8 Å². The Labute approximate surface area is 123 Å². The first-order chi connectivity index (χ1) is 10.00. The van der Waals surface area contributed by atoms with Crippen LogP contribution in [0.25, 0.3) is 0 Å². The summed E-state index contributed by atoms with van der Waals surface area (Å²) in [5, 5.41) is 21.1. The molecular weight excluding hydrogens is 266 g/mol. The Morgan fingerprint density at radius 2 is 2.29 bits per heavy atom. The van der Waals surface area contributed by atoms with Crippen molar-refractivity contribution in [2.24, 2.45) is 0 Å². The molecule has 0 spiro atoms. The van der Waals surface area contributed by atoms with Crippen LogP contribution in [0.4, 0.5) is 0 Å². The van der Waals surface area contributed by atoms with Crippen molar-refractivity contribution in [3.8, 4) is 11.8 Å². The second-order valence-corrected chi connectivity index (χ2v) is 5.79. The van der Waals surface area contributed by atoms with Crippen LogP contribution in [-0.4, -0.2) is 10.6 Å². The van der Waals surface area contributed by atoms with Crippen LogP contribution in [0, 0.1) is 16.5 Å². The summed E-state index contributed by atoms with van der Waals surface area (Å²) in [6, 6.07) is 9.02. The maximum absolute atomic E-state index is 12.0. The molecule has 1 aromatic heterocycles. The number of nitrogens with zero attached hydrogens (tertiary/aromatic N) is 3. The van der Waals surface area contributed by atoms with Gasteiger partial charge in [0.2, 0.25) is 0 Å². The fraction of sp³-hybridized carbons (Fsp3) is 0.312. The molecule has 0 fully saturated rings. The summed E-state index contributed by atoms with van der Waals surface area (Å²) in [7, 11) is 0. The van der Waals surface area contributed by atoms with Crippen molar-refractivity contribution in [1.82, 2.24) is 4.98 Å². The van der Waals surface area contributed by atoms with Gasteiger partial charge in [0.05, 0.1) is 23.7 Å². The lowest BCUT2D eigenvalue weighted by Crippen LogP contribution is -2.41. The first-order valence-corrected chi connectivity index (χ1v) is 6.77. The first kappa shape index (κ1) is 13.4. The van der Waals surface area contributed by atoms with Crippen LogP contribution in [0.2, 0.25) is 0 Å². The lowest BCUT2D eigenvalue weighted by atomic mass is 9.83. The second kappa shape index (κ2) is 4.74. The van der Waals surface area contributed by atoms with E-state index >= 15 is 0 Å². The topological polar surface area (TPSA) is 72.8 Å². The molecule has 0 radical (unpaired) electrons. The summed E-state index contributed by atoms with van der Waals surface area (Å²) in [6.45, 7) is 3.97. The van der Waals surface area contributed by atoms with Gasteiger partial charge in [0.15, 0.2) is 0 Å². The van der Waals surface area contributed by atoms with Gasteiger partial charge in [-0.3, -0.25) is 0 Å². The fourth-order valence-corrected chi connectivity index (χ4v) is 2.77. The van der Waals surface area contributed by atoms with E-state index in [0.717, 1.165) is 10.3 Å². The number of hydrogen-bond donors (Lipinski definition) is 0. The molecule has 0 aliphatic carbocycles. The van der Waals surface area contributed by atoms with E-state index in [-0.39, 0.29) is 5.92 Å². The van der Waals surface area contributed by atoms with Gasteiger partial charge < -0.3 is 9.94 Å². The minimum atomic E-state index is -0.393. The summed E-state index contributed by atoms with van der Waals surface area (Å²) < 4.78 is 6.75. The van der Waals surface area contributed by atoms with Gasteiger partial charge in [-0.15, -0.1) is 0 Å². The molecule has 1 atom stereocenters. The van der Waals surface area contributed by atoms with Crippen LogP contribution in [-0.2, 0) is 0 Å². The Hall–Kier alpha value is -2.61. The van der Waals surface area contributed by atoms with E-state index in [1.807, 2.05) is 13.8 Å². The minimum Gasteiger partial charge on any atom is -0.711 e. The molecule has 5 heteroatoms. The quantitative estimate of drug-likeness (QED) is 0.593. The largest absolute Gasteiger partial charge is 0.711 e. The van der Waals surface area contributed by atoms with E-state index in [9.17, 15) is 5.21 Å². The number of fused-ring (bicyclic) bond motifs is 1. The van der Waals surface area contributed by atoms with Crippen molar-refractivity contribution in [2.75, 3.05) is 0 Å². The van der Waals surface area contributed by atoms with E-state index in [1.165, 1.54) is 6.20 Å². The predicted molar refractivity (Wildman–Crippen MR) is 75.5 cm³/mol.